The fraction of sp³-hybridized carbons (Fsp3) is 0.654. The van der Waals surface area contributed by atoms with E-state index in [4.69, 9.17) is 4.74 Å². The summed E-state index contributed by atoms with van der Waals surface area (Å²) in [5, 5.41) is 2.97. The Morgan fingerprint density at radius 3 is 2.29 bits per heavy atom. The highest BCUT2D eigenvalue weighted by Crippen LogP contribution is 2.31. The van der Waals surface area contributed by atoms with E-state index < -0.39 is 17.5 Å². The molecule has 5 rings (SSSR count). The van der Waals surface area contributed by atoms with Crippen LogP contribution in [0.1, 0.15) is 50.4 Å². The average Bonchev–Trinajstić information content (AvgIpc) is 3.48. The maximum absolute atomic E-state index is 13.5. The third-order valence-electron chi connectivity index (χ3n) is 7.66. The van der Waals surface area contributed by atoms with Crippen molar-refractivity contribution in [3.63, 3.8) is 0 Å². The van der Waals surface area contributed by atoms with Crippen LogP contribution in [0.3, 0.4) is 0 Å². The van der Waals surface area contributed by atoms with Crippen molar-refractivity contribution in [2.24, 2.45) is 5.41 Å². The number of anilines is 1. The zero-order valence-corrected chi connectivity index (χ0v) is 20.5. The minimum atomic E-state index is -0.734. The number of ketones is 1. The molecule has 34 heavy (non-hydrogen) atoms. The Bertz CT molecular complexity index is 945. The molecule has 8 heteroatoms. The van der Waals surface area contributed by atoms with E-state index in [2.05, 4.69) is 15.1 Å². The van der Waals surface area contributed by atoms with Crippen molar-refractivity contribution in [3.8, 4) is 0 Å². The van der Waals surface area contributed by atoms with Crippen molar-refractivity contribution in [3.05, 3.63) is 29.8 Å². The molecule has 4 aliphatic rings. The molecule has 1 N–H and O–H groups in total. The number of nitrogens with zero attached hydrogens (tertiary/aromatic N) is 3. The van der Waals surface area contributed by atoms with Gasteiger partial charge in [-0.2, -0.15) is 0 Å². The van der Waals surface area contributed by atoms with Gasteiger partial charge in [0.2, 0.25) is 5.91 Å². The highest BCUT2D eigenvalue weighted by molar-refractivity contribution is 5.99. The minimum Gasteiger partial charge on any atom is -0.369 e. The molecule has 8 nitrogen and oxygen atoms in total. The van der Waals surface area contributed by atoms with Gasteiger partial charge in [0.1, 0.15) is 18.7 Å². The van der Waals surface area contributed by atoms with Gasteiger partial charge in [-0.05, 0) is 48.9 Å². The molecule has 3 aliphatic heterocycles. The van der Waals surface area contributed by atoms with Crippen LogP contribution in [0, 0.1) is 5.41 Å². The van der Waals surface area contributed by atoms with Gasteiger partial charge in [-0.25, -0.2) is 0 Å². The predicted molar refractivity (Wildman–Crippen MR) is 129 cm³/mol. The van der Waals surface area contributed by atoms with Gasteiger partial charge >= 0.3 is 0 Å². The molecular weight excluding hydrogens is 432 g/mol. The molecule has 0 radical (unpaired) electrons. The van der Waals surface area contributed by atoms with Gasteiger partial charge in [0.25, 0.3) is 5.91 Å². The quantitative estimate of drug-likeness (QED) is 0.708. The van der Waals surface area contributed by atoms with Crippen LogP contribution in [-0.4, -0.2) is 91.0 Å². The molecule has 2 amide bonds. The second-order valence-electron chi connectivity index (χ2n) is 11.2. The van der Waals surface area contributed by atoms with Crippen molar-refractivity contribution in [2.45, 2.75) is 64.3 Å². The number of ether oxygens (including phenoxy) is 1. The van der Waals surface area contributed by atoms with E-state index in [9.17, 15) is 14.4 Å². The third-order valence-corrected chi connectivity index (χ3v) is 7.66. The molecular formula is C26H36N4O4. The Morgan fingerprint density at radius 1 is 1.00 bits per heavy atom. The van der Waals surface area contributed by atoms with Crippen LogP contribution in [-0.2, 0) is 14.3 Å². The first-order valence-electron chi connectivity index (χ1n) is 12.6. The fourth-order valence-electron chi connectivity index (χ4n) is 5.48. The van der Waals surface area contributed by atoms with E-state index in [0.717, 1.165) is 37.9 Å². The number of rotatable bonds is 5. The number of piperazine rings is 1. The number of benzene rings is 1. The van der Waals surface area contributed by atoms with Crippen molar-refractivity contribution in [1.29, 1.82) is 0 Å². The molecule has 1 aliphatic carbocycles. The zero-order chi connectivity index (χ0) is 24.0. The van der Waals surface area contributed by atoms with Crippen LogP contribution in [0.2, 0.25) is 0 Å². The van der Waals surface area contributed by atoms with E-state index in [1.165, 1.54) is 12.8 Å². The Morgan fingerprint density at radius 2 is 1.68 bits per heavy atom. The van der Waals surface area contributed by atoms with E-state index >= 15 is 0 Å². The Balaban J connectivity index is 1.24. The lowest BCUT2D eigenvalue weighted by Crippen LogP contribution is -2.57. The van der Waals surface area contributed by atoms with Crippen molar-refractivity contribution in [2.75, 3.05) is 44.2 Å². The number of Topliss-reactive ketones (excluding diaryl/α,β-unsaturated/α-hetero) is 1. The number of hydrogen-bond donors (Lipinski definition) is 1. The summed E-state index contributed by atoms with van der Waals surface area (Å²) in [6.07, 6.45) is 3.12. The Hall–Kier alpha value is -2.45. The first-order chi connectivity index (χ1) is 16.2. The topological polar surface area (TPSA) is 82.2 Å². The predicted octanol–water partition coefficient (Wildman–Crippen LogP) is 1.68. The van der Waals surface area contributed by atoms with Crippen LogP contribution in [0.25, 0.3) is 0 Å². The second-order valence-corrected chi connectivity index (χ2v) is 11.2. The van der Waals surface area contributed by atoms with Crippen LogP contribution in [0.15, 0.2) is 24.3 Å². The monoisotopic (exact) mass is 468 g/mol. The molecule has 0 spiro atoms. The molecule has 1 aromatic carbocycles. The van der Waals surface area contributed by atoms with Gasteiger partial charge in [0.15, 0.2) is 5.78 Å². The first-order valence-corrected chi connectivity index (χ1v) is 12.6. The maximum Gasteiger partial charge on any atom is 0.251 e. The van der Waals surface area contributed by atoms with Crippen LogP contribution in [0.5, 0.6) is 0 Å². The number of nitrogens with one attached hydrogen (secondary N) is 1. The highest BCUT2D eigenvalue weighted by atomic mass is 16.5. The summed E-state index contributed by atoms with van der Waals surface area (Å²) < 4.78 is 5.53. The van der Waals surface area contributed by atoms with E-state index in [-0.39, 0.29) is 30.3 Å². The molecule has 1 aromatic rings. The average molecular weight is 469 g/mol. The lowest BCUT2D eigenvalue weighted by Gasteiger charge is -2.36. The van der Waals surface area contributed by atoms with Gasteiger partial charge in [-0.1, -0.05) is 20.8 Å². The molecule has 3 atom stereocenters. The van der Waals surface area contributed by atoms with Crippen LogP contribution < -0.4 is 10.2 Å². The summed E-state index contributed by atoms with van der Waals surface area (Å²) in [4.78, 5) is 45.5. The number of fused-ring (bicyclic) bond motifs is 1. The van der Waals surface area contributed by atoms with Gasteiger partial charge in [-0.15, -0.1) is 0 Å². The number of carbonyl (C=O) groups is 3. The molecule has 3 saturated heterocycles. The zero-order valence-electron chi connectivity index (χ0n) is 20.5. The van der Waals surface area contributed by atoms with Crippen molar-refractivity contribution >= 4 is 23.3 Å². The SMILES string of the molecule is CC(C)(C)C(NC(=O)c1ccc(N2CCN(C3CC3)CC2)cc1)C(=O)N1CC[C@@H]2OCC(=O)[C@H]21. The van der Waals surface area contributed by atoms with E-state index in [1.54, 1.807) is 4.90 Å². The Labute approximate surface area is 201 Å². The molecule has 4 fully saturated rings. The first kappa shape index (κ1) is 23.3. The Kier molecular flexibility index (Phi) is 6.14. The minimum absolute atomic E-state index is 0.0524. The summed E-state index contributed by atoms with van der Waals surface area (Å²) in [5.74, 6) is -0.538. The summed E-state index contributed by atoms with van der Waals surface area (Å²) in [5.41, 5.74) is 1.15. The largest absolute Gasteiger partial charge is 0.369 e. The molecule has 1 unspecified atom stereocenters. The normalized spacial score (nSPS) is 26.5. The summed E-state index contributed by atoms with van der Waals surface area (Å²) in [7, 11) is 0. The van der Waals surface area contributed by atoms with Crippen LogP contribution >= 0.6 is 0 Å². The fourth-order valence-corrected chi connectivity index (χ4v) is 5.48. The molecule has 0 aromatic heterocycles. The second kappa shape index (κ2) is 8.96. The summed E-state index contributed by atoms with van der Waals surface area (Å²) >= 11 is 0. The van der Waals surface area contributed by atoms with Gasteiger partial charge in [0, 0.05) is 50.0 Å². The standard InChI is InChI=1S/C26H36N4O4/c1-26(2,3)23(25(33)30-11-10-21-22(30)20(31)16-34-21)27-24(32)17-4-6-18(7-5-17)28-12-14-29(15-13-28)19-8-9-19/h4-7,19,21-23H,8-16H2,1-3H3,(H,27,32)/t21-,22+,23?/m0/s1. The van der Waals surface area contributed by atoms with Crippen molar-refractivity contribution < 1.29 is 19.1 Å². The number of likely N-dealkylation sites (tertiary alicyclic amines) is 1. The summed E-state index contributed by atoms with van der Waals surface area (Å²) in [6.45, 7) is 10.5. The number of carbonyl (C=O) groups excluding carboxylic acids is 3. The smallest absolute Gasteiger partial charge is 0.251 e. The molecule has 184 valence electrons. The lowest BCUT2D eigenvalue weighted by molar-refractivity contribution is -0.140. The van der Waals surface area contributed by atoms with Gasteiger partial charge < -0.3 is 19.9 Å². The van der Waals surface area contributed by atoms with Crippen molar-refractivity contribution in [1.82, 2.24) is 15.1 Å². The molecule has 3 heterocycles. The van der Waals surface area contributed by atoms with Gasteiger partial charge in [0.05, 0.1) is 6.10 Å². The number of amides is 2. The van der Waals surface area contributed by atoms with Crippen LogP contribution in [0.4, 0.5) is 5.69 Å². The lowest BCUT2D eigenvalue weighted by atomic mass is 9.85. The highest BCUT2D eigenvalue weighted by Gasteiger charge is 2.49. The summed E-state index contributed by atoms with van der Waals surface area (Å²) in [6, 6.07) is 7.21. The third kappa shape index (κ3) is 4.58. The maximum atomic E-state index is 13.5. The number of hydrogen-bond acceptors (Lipinski definition) is 6. The van der Waals surface area contributed by atoms with Gasteiger partial charge in [-0.3, -0.25) is 19.3 Å². The molecule has 1 saturated carbocycles. The van der Waals surface area contributed by atoms with E-state index in [1.807, 2.05) is 45.0 Å². The van der Waals surface area contributed by atoms with E-state index in [0.29, 0.717) is 18.5 Å². The molecule has 0 bridgehead atoms.